The van der Waals surface area contributed by atoms with Gasteiger partial charge in [-0.3, -0.25) is 0 Å². The number of pyridine rings is 1. The van der Waals surface area contributed by atoms with Crippen molar-refractivity contribution in [1.29, 1.82) is 0 Å². The molecule has 292 valence electrons. The molecule has 0 atom stereocenters. The van der Waals surface area contributed by atoms with Crippen LogP contribution in [0.15, 0.2) is 168 Å². The highest BCUT2D eigenvalue weighted by atomic mass is 32.1. The van der Waals surface area contributed by atoms with E-state index in [9.17, 15) is 0 Å². The van der Waals surface area contributed by atoms with Gasteiger partial charge in [0, 0.05) is 67.3 Å². The zero-order valence-electron chi connectivity index (χ0n) is 34.1. The lowest BCUT2D eigenvalue weighted by Crippen LogP contribution is -2.57. The molecule has 12 rings (SSSR count). The number of anilines is 5. The quantitative estimate of drug-likeness (QED) is 0.124. The standard InChI is InChI=1S/C53H39BN3O3S/c1-32-13-19-36(20-14-32)56(37-21-15-33(2)16-22-37)39-29-44-49-45(30-39)59-51-40-9-5-7-11-43(40)60-53(51)54(49)50-46(58-44)31-42(48-41-10-6-8-12-47(41)61-52(48)50)57(38-23-17-34(3)18-24-38)55-27-25-35(4)26-28-55/h5-31H,1-4H3/q+1. The Hall–Kier alpha value is -7.29. The molecule has 2 aliphatic rings. The smallest absolute Gasteiger partial charge is 0.307 e. The molecule has 0 amide bonds. The highest BCUT2D eigenvalue weighted by molar-refractivity contribution is 7.28. The van der Waals surface area contributed by atoms with Gasteiger partial charge in [0.15, 0.2) is 5.75 Å². The number of rotatable bonds is 6. The third-order valence-electron chi connectivity index (χ3n) is 12.1. The second-order valence-corrected chi connectivity index (χ2v) is 17.4. The van der Waals surface area contributed by atoms with E-state index in [-0.39, 0.29) is 6.71 Å². The van der Waals surface area contributed by atoms with Gasteiger partial charge in [0.2, 0.25) is 12.4 Å². The molecule has 0 spiro atoms. The Morgan fingerprint density at radius 3 is 1.75 bits per heavy atom. The summed E-state index contributed by atoms with van der Waals surface area (Å²) in [6.45, 7) is 8.19. The average molecular weight is 809 g/mol. The van der Waals surface area contributed by atoms with Crippen LogP contribution in [0.1, 0.15) is 22.3 Å². The number of nitrogens with zero attached hydrogens (tertiary/aromatic N) is 3. The summed E-state index contributed by atoms with van der Waals surface area (Å²) in [5.41, 5.74) is 13.5. The monoisotopic (exact) mass is 808 g/mol. The van der Waals surface area contributed by atoms with Gasteiger partial charge in [0.05, 0.1) is 11.1 Å². The highest BCUT2D eigenvalue weighted by Crippen LogP contribution is 2.49. The molecule has 6 nitrogen and oxygen atoms in total. The molecule has 2 aliphatic heterocycles. The van der Waals surface area contributed by atoms with Gasteiger partial charge in [0.1, 0.15) is 39.9 Å². The van der Waals surface area contributed by atoms with E-state index in [0.29, 0.717) is 0 Å². The third kappa shape index (κ3) is 5.66. The summed E-state index contributed by atoms with van der Waals surface area (Å²) in [6, 6.07) is 53.9. The number of aryl methyl sites for hydroxylation is 4. The first-order valence-corrected chi connectivity index (χ1v) is 21.5. The van der Waals surface area contributed by atoms with Crippen LogP contribution in [-0.2, 0) is 0 Å². The molecule has 0 fully saturated rings. The zero-order valence-corrected chi connectivity index (χ0v) is 35.0. The van der Waals surface area contributed by atoms with Crippen molar-refractivity contribution in [2.45, 2.75) is 27.7 Å². The molecule has 0 unspecified atom stereocenters. The zero-order chi connectivity index (χ0) is 40.9. The van der Waals surface area contributed by atoms with Crippen molar-refractivity contribution in [3.63, 3.8) is 0 Å². The molecule has 7 aromatic carbocycles. The van der Waals surface area contributed by atoms with E-state index in [0.717, 1.165) is 89.1 Å². The Morgan fingerprint density at radius 1 is 0.525 bits per heavy atom. The number of ether oxygens (including phenoxy) is 2. The van der Waals surface area contributed by atoms with Gasteiger partial charge in [-0.15, -0.1) is 16.3 Å². The van der Waals surface area contributed by atoms with Crippen molar-refractivity contribution < 1.29 is 18.6 Å². The number of hydrogen-bond donors (Lipinski definition) is 0. The van der Waals surface area contributed by atoms with Gasteiger partial charge in [-0.2, -0.15) is 0 Å². The number of aromatic nitrogens is 1. The molecule has 8 heteroatoms. The summed E-state index contributed by atoms with van der Waals surface area (Å²) >= 11 is 1.81. The lowest BCUT2D eigenvalue weighted by Gasteiger charge is -2.34. The summed E-state index contributed by atoms with van der Waals surface area (Å²) < 4.78 is 25.8. The van der Waals surface area contributed by atoms with Crippen LogP contribution >= 0.6 is 11.3 Å². The van der Waals surface area contributed by atoms with Gasteiger partial charge in [0.25, 0.3) is 0 Å². The van der Waals surface area contributed by atoms with E-state index in [1.54, 1.807) is 11.3 Å². The van der Waals surface area contributed by atoms with Crippen molar-refractivity contribution in [3.05, 3.63) is 186 Å². The summed E-state index contributed by atoms with van der Waals surface area (Å²) in [7, 11) is 0. The van der Waals surface area contributed by atoms with E-state index in [4.69, 9.17) is 13.9 Å². The normalized spacial score (nSPS) is 12.5. The minimum atomic E-state index is -0.296. The maximum Gasteiger partial charge on any atom is 0.307 e. The van der Waals surface area contributed by atoms with Gasteiger partial charge in [-0.1, -0.05) is 88.1 Å². The van der Waals surface area contributed by atoms with E-state index in [1.165, 1.54) is 32.3 Å². The maximum atomic E-state index is 7.34. The van der Waals surface area contributed by atoms with Crippen LogP contribution in [0.5, 0.6) is 23.0 Å². The number of thiophene rings is 1. The van der Waals surface area contributed by atoms with Crippen LogP contribution < -0.4 is 40.6 Å². The van der Waals surface area contributed by atoms with Gasteiger partial charge in [-0.05, 0) is 93.3 Å². The fraction of sp³-hybridized carbons (Fsp3) is 0.0755. The lowest BCUT2D eigenvalue weighted by atomic mass is 9.37. The fourth-order valence-electron chi connectivity index (χ4n) is 9.09. The number of para-hydroxylation sites is 1. The second kappa shape index (κ2) is 13.6. The molecule has 10 aromatic rings. The van der Waals surface area contributed by atoms with Crippen LogP contribution in [0.4, 0.5) is 28.4 Å². The number of fused-ring (bicyclic) bond motifs is 10. The molecule has 0 N–H and O–H groups in total. The summed E-state index contributed by atoms with van der Waals surface area (Å²) in [5.74, 6) is 3.01. The SMILES string of the molecule is Cc1ccc(N(c2ccc(C)cc2)c2cc3c4c(c2)Oc2c(oc5ccccc25)B4c2c(cc(N(c4ccc(C)cc4)[n+]4ccc(C)cc4)c4c2sc2ccccc24)O3)cc1. The van der Waals surface area contributed by atoms with Crippen molar-refractivity contribution in [2.75, 3.05) is 9.91 Å². The molecule has 0 saturated heterocycles. The van der Waals surface area contributed by atoms with E-state index < -0.39 is 0 Å². The number of hydrogen-bond acceptors (Lipinski definition) is 6. The largest absolute Gasteiger partial charge is 0.466 e. The Kier molecular flexibility index (Phi) is 7.96. The van der Waals surface area contributed by atoms with Crippen LogP contribution in [0.25, 0.3) is 31.1 Å². The third-order valence-corrected chi connectivity index (χ3v) is 13.3. The first-order chi connectivity index (χ1) is 29.9. The van der Waals surface area contributed by atoms with Gasteiger partial charge in [-0.25, -0.2) is 0 Å². The van der Waals surface area contributed by atoms with Crippen molar-refractivity contribution in [3.8, 4) is 23.0 Å². The van der Waals surface area contributed by atoms with Crippen LogP contribution in [0.3, 0.4) is 0 Å². The van der Waals surface area contributed by atoms with Crippen molar-refractivity contribution in [2.24, 2.45) is 0 Å². The van der Waals surface area contributed by atoms with Crippen molar-refractivity contribution in [1.82, 2.24) is 0 Å². The predicted octanol–water partition coefficient (Wildman–Crippen LogP) is 12.1. The Balaban J connectivity index is 1.16. The van der Waals surface area contributed by atoms with Crippen LogP contribution in [0.2, 0.25) is 0 Å². The second-order valence-electron chi connectivity index (χ2n) is 16.3. The van der Waals surface area contributed by atoms with Gasteiger partial charge < -0.3 is 18.8 Å². The molecule has 61 heavy (non-hydrogen) atoms. The highest BCUT2D eigenvalue weighted by Gasteiger charge is 2.47. The fourth-order valence-corrected chi connectivity index (χ4v) is 10.4. The molecule has 3 aromatic heterocycles. The Labute approximate surface area is 358 Å². The average Bonchev–Trinajstić information content (AvgIpc) is 3.85. The summed E-state index contributed by atoms with van der Waals surface area (Å²) in [5, 5.41) is 5.60. The van der Waals surface area contributed by atoms with E-state index in [1.807, 2.05) is 18.2 Å². The first-order valence-electron chi connectivity index (χ1n) is 20.7. The minimum Gasteiger partial charge on any atom is -0.466 e. The Morgan fingerprint density at radius 2 is 1.08 bits per heavy atom. The molecule has 0 saturated carbocycles. The Bertz CT molecular complexity index is 3270. The molecule has 5 heterocycles. The van der Waals surface area contributed by atoms with E-state index in [2.05, 4.69) is 188 Å². The van der Waals surface area contributed by atoms with Crippen molar-refractivity contribution >= 4 is 94.2 Å². The molecule has 0 aliphatic carbocycles. The lowest BCUT2D eigenvalue weighted by molar-refractivity contribution is -0.675. The molecular weight excluding hydrogens is 769 g/mol. The number of benzene rings is 7. The first kappa shape index (κ1) is 35.6. The van der Waals surface area contributed by atoms with E-state index >= 15 is 0 Å². The number of furan rings is 1. The van der Waals surface area contributed by atoms with Gasteiger partial charge >= 0.3 is 6.71 Å². The summed E-state index contributed by atoms with van der Waals surface area (Å²) in [6.07, 6.45) is 4.27. The van der Waals surface area contributed by atoms with Crippen LogP contribution in [0, 0.1) is 27.7 Å². The predicted molar refractivity (Wildman–Crippen MR) is 251 cm³/mol. The molecular formula is C53H39BN3O3S+. The van der Waals surface area contributed by atoms with Crippen LogP contribution in [-0.4, -0.2) is 6.71 Å². The minimum absolute atomic E-state index is 0.296. The maximum absolute atomic E-state index is 7.34. The molecule has 0 bridgehead atoms. The topological polar surface area (TPSA) is 42.0 Å². The molecule has 0 radical (unpaired) electrons. The summed E-state index contributed by atoms with van der Waals surface area (Å²) in [4.78, 5) is 2.28.